The molecule has 104 valence electrons. The molecule has 1 saturated carbocycles. The number of nitrogens with two attached hydrogens (primary N) is 1. The highest BCUT2D eigenvalue weighted by molar-refractivity contribution is 5.64. The van der Waals surface area contributed by atoms with Crippen molar-refractivity contribution in [2.75, 3.05) is 5.73 Å². The van der Waals surface area contributed by atoms with Crippen molar-refractivity contribution in [2.24, 2.45) is 0 Å². The van der Waals surface area contributed by atoms with Gasteiger partial charge >= 0.3 is 0 Å². The molecule has 0 amide bonds. The third-order valence-electron chi connectivity index (χ3n) is 3.82. The summed E-state index contributed by atoms with van der Waals surface area (Å²) in [6.45, 7) is 0. The first kappa shape index (κ1) is 13.0. The summed E-state index contributed by atoms with van der Waals surface area (Å²) in [5.41, 5.74) is 8.68. The van der Waals surface area contributed by atoms with Crippen molar-refractivity contribution in [3.8, 4) is 17.0 Å². The fraction of sp³-hybridized carbons (Fsp3) is 0.353. The monoisotopic (exact) mass is 268 g/mol. The molecule has 0 aliphatic heterocycles. The van der Waals surface area contributed by atoms with Gasteiger partial charge in [-0.3, -0.25) is 0 Å². The Kier molecular flexibility index (Phi) is 3.86. The van der Waals surface area contributed by atoms with Crippen LogP contribution in [0.3, 0.4) is 0 Å². The van der Waals surface area contributed by atoms with Gasteiger partial charge in [-0.05, 0) is 49.4 Å². The fourth-order valence-electron chi connectivity index (χ4n) is 2.65. The fourth-order valence-corrected chi connectivity index (χ4v) is 2.65. The van der Waals surface area contributed by atoms with Gasteiger partial charge in [0.25, 0.3) is 0 Å². The van der Waals surface area contributed by atoms with Crippen molar-refractivity contribution in [1.82, 2.24) is 4.98 Å². The molecule has 3 heteroatoms. The van der Waals surface area contributed by atoms with Crippen LogP contribution in [-0.2, 0) is 0 Å². The maximum absolute atomic E-state index is 5.93. The van der Waals surface area contributed by atoms with E-state index in [4.69, 9.17) is 10.5 Å². The molecule has 1 fully saturated rings. The van der Waals surface area contributed by atoms with Crippen LogP contribution >= 0.6 is 0 Å². The molecule has 1 heterocycles. The van der Waals surface area contributed by atoms with Crippen molar-refractivity contribution < 1.29 is 4.74 Å². The number of hydrogen-bond acceptors (Lipinski definition) is 3. The topological polar surface area (TPSA) is 48.1 Å². The predicted octanol–water partition coefficient (Wildman–Crippen LogP) is 4.04. The van der Waals surface area contributed by atoms with Gasteiger partial charge in [0.05, 0.1) is 0 Å². The van der Waals surface area contributed by atoms with Crippen LogP contribution in [0, 0.1) is 0 Å². The molecule has 2 aromatic rings. The second-order valence-corrected chi connectivity index (χ2v) is 5.38. The molecule has 0 radical (unpaired) electrons. The molecule has 1 aromatic carbocycles. The highest BCUT2D eigenvalue weighted by Gasteiger charge is 2.15. The lowest BCUT2D eigenvalue weighted by molar-refractivity contribution is 0.148. The maximum Gasteiger partial charge on any atom is 0.213 e. The molecule has 0 unspecified atom stereocenters. The Hall–Kier alpha value is -2.03. The first-order valence-electron chi connectivity index (χ1n) is 7.30. The van der Waals surface area contributed by atoms with E-state index < -0.39 is 0 Å². The van der Waals surface area contributed by atoms with Crippen LogP contribution in [0.4, 0.5) is 5.69 Å². The number of rotatable bonds is 3. The van der Waals surface area contributed by atoms with E-state index in [1.54, 1.807) is 0 Å². The SMILES string of the molecule is Nc1ccc(-c2ccc(OC3CCCCC3)nc2)cc1. The Balaban J connectivity index is 1.69. The van der Waals surface area contributed by atoms with E-state index >= 15 is 0 Å². The van der Waals surface area contributed by atoms with E-state index in [9.17, 15) is 0 Å². The average Bonchev–Trinajstić information content (AvgIpc) is 2.50. The zero-order valence-corrected chi connectivity index (χ0v) is 11.6. The zero-order chi connectivity index (χ0) is 13.8. The molecule has 0 spiro atoms. The lowest BCUT2D eigenvalue weighted by Crippen LogP contribution is -2.20. The quantitative estimate of drug-likeness (QED) is 0.854. The summed E-state index contributed by atoms with van der Waals surface area (Å²) >= 11 is 0. The van der Waals surface area contributed by atoms with Crippen LogP contribution in [0.1, 0.15) is 32.1 Å². The summed E-state index contributed by atoms with van der Waals surface area (Å²) in [7, 11) is 0. The minimum Gasteiger partial charge on any atom is -0.474 e. The maximum atomic E-state index is 5.93. The molecule has 3 rings (SSSR count). The van der Waals surface area contributed by atoms with Gasteiger partial charge < -0.3 is 10.5 Å². The van der Waals surface area contributed by atoms with Gasteiger partial charge in [-0.25, -0.2) is 4.98 Å². The number of hydrogen-bond donors (Lipinski definition) is 1. The van der Waals surface area contributed by atoms with Gasteiger partial charge in [-0.2, -0.15) is 0 Å². The smallest absolute Gasteiger partial charge is 0.213 e. The van der Waals surface area contributed by atoms with Crippen molar-refractivity contribution in [1.29, 1.82) is 0 Å². The minimum absolute atomic E-state index is 0.346. The van der Waals surface area contributed by atoms with E-state index in [-0.39, 0.29) is 0 Å². The minimum atomic E-state index is 0.346. The third kappa shape index (κ3) is 3.10. The van der Waals surface area contributed by atoms with Gasteiger partial charge in [0.1, 0.15) is 6.10 Å². The largest absolute Gasteiger partial charge is 0.474 e. The average molecular weight is 268 g/mol. The van der Waals surface area contributed by atoms with Gasteiger partial charge in [0, 0.05) is 23.5 Å². The highest BCUT2D eigenvalue weighted by atomic mass is 16.5. The summed E-state index contributed by atoms with van der Waals surface area (Å²) in [5, 5.41) is 0. The lowest BCUT2D eigenvalue weighted by Gasteiger charge is -2.22. The molecular weight excluding hydrogens is 248 g/mol. The number of aromatic nitrogens is 1. The normalized spacial score (nSPS) is 16.0. The number of anilines is 1. The predicted molar refractivity (Wildman–Crippen MR) is 81.6 cm³/mol. The molecule has 0 saturated heterocycles. The van der Waals surface area contributed by atoms with Crippen LogP contribution in [0.5, 0.6) is 5.88 Å². The van der Waals surface area contributed by atoms with Gasteiger partial charge in [-0.15, -0.1) is 0 Å². The van der Waals surface area contributed by atoms with Crippen molar-refractivity contribution in [2.45, 2.75) is 38.2 Å². The number of pyridine rings is 1. The Morgan fingerprint density at radius 3 is 2.25 bits per heavy atom. The second kappa shape index (κ2) is 5.95. The molecule has 1 aliphatic carbocycles. The lowest BCUT2D eigenvalue weighted by atomic mass is 9.98. The summed E-state index contributed by atoms with van der Waals surface area (Å²) in [6, 6.07) is 11.8. The third-order valence-corrected chi connectivity index (χ3v) is 3.82. The van der Waals surface area contributed by atoms with Crippen LogP contribution in [0.2, 0.25) is 0 Å². The second-order valence-electron chi connectivity index (χ2n) is 5.38. The first-order valence-corrected chi connectivity index (χ1v) is 7.30. The van der Waals surface area contributed by atoms with Crippen LogP contribution < -0.4 is 10.5 Å². The molecule has 1 aromatic heterocycles. The van der Waals surface area contributed by atoms with E-state index in [1.165, 1.54) is 19.3 Å². The van der Waals surface area contributed by atoms with E-state index in [0.717, 1.165) is 35.5 Å². The molecule has 20 heavy (non-hydrogen) atoms. The summed E-state index contributed by atoms with van der Waals surface area (Å²) in [6.07, 6.45) is 8.40. The number of benzene rings is 1. The summed E-state index contributed by atoms with van der Waals surface area (Å²) < 4.78 is 5.93. The molecular formula is C17H20N2O. The standard InChI is InChI=1S/C17H20N2O/c18-15-9-6-13(7-10-15)14-8-11-17(19-12-14)20-16-4-2-1-3-5-16/h6-12,16H,1-5,18H2. The highest BCUT2D eigenvalue weighted by Crippen LogP contribution is 2.24. The summed E-state index contributed by atoms with van der Waals surface area (Å²) in [5.74, 6) is 0.732. The first-order chi connectivity index (χ1) is 9.81. The van der Waals surface area contributed by atoms with Gasteiger partial charge in [0.2, 0.25) is 5.88 Å². The van der Waals surface area contributed by atoms with Gasteiger partial charge in [-0.1, -0.05) is 18.6 Å². The Bertz CT molecular complexity index is 542. The summed E-state index contributed by atoms with van der Waals surface area (Å²) in [4.78, 5) is 4.42. The van der Waals surface area contributed by atoms with E-state index in [1.807, 2.05) is 36.5 Å². The Morgan fingerprint density at radius 1 is 0.900 bits per heavy atom. The van der Waals surface area contributed by atoms with E-state index in [0.29, 0.717) is 6.10 Å². The van der Waals surface area contributed by atoms with Gasteiger partial charge in [0.15, 0.2) is 0 Å². The van der Waals surface area contributed by atoms with E-state index in [2.05, 4.69) is 11.1 Å². The molecule has 0 bridgehead atoms. The van der Waals surface area contributed by atoms with Crippen LogP contribution in [-0.4, -0.2) is 11.1 Å². The van der Waals surface area contributed by atoms with Crippen molar-refractivity contribution >= 4 is 5.69 Å². The van der Waals surface area contributed by atoms with Crippen LogP contribution in [0.25, 0.3) is 11.1 Å². The number of nitrogen functional groups attached to an aromatic ring is 1. The molecule has 1 aliphatic rings. The number of ether oxygens (including phenoxy) is 1. The molecule has 0 atom stereocenters. The van der Waals surface area contributed by atoms with Crippen molar-refractivity contribution in [3.05, 3.63) is 42.6 Å². The number of nitrogens with zero attached hydrogens (tertiary/aromatic N) is 1. The molecule has 2 N–H and O–H groups in total. The zero-order valence-electron chi connectivity index (χ0n) is 11.6. The Morgan fingerprint density at radius 2 is 1.60 bits per heavy atom. The van der Waals surface area contributed by atoms with Crippen LogP contribution in [0.15, 0.2) is 42.6 Å². The Labute approximate surface area is 119 Å². The molecule has 3 nitrogen and oxygen atoms in total. The van der Waals surface area contributed by atoms with Crippen molar-refractivity contribution in [3.63, 3.8) is 0 Å².